The number of anilines is 2. The predicted molar refractivity (Wildman–Crippen MR) is 89.9 cm³/mol. The molecule has 0 aromatic heterocycles. The van der Waals surface area contributed by atoms with Crippen LogP contribution in [0.4, 0.5) is 11.4 Å². The van der Waals surface area contributed by atoms with E-state index in [4.69, 9.17) is 34.8 Å². The highest BCUT2D eigenvalue weighted by Gasteiger charge is 2.17. The summed E-state index contributed by atoms with van der Waals surface area (Å²) in [7, 11) is 0. The summed E-state index contributed by atoms with van der Waals surface area (Å²) in [4.78, 5) is 23.9. The Hall–Kier alpha value is -1.75. The average molecular weight is 358 g/mol. The summed E-state index contributed by atoms with van der Waals surface area (Å²) in [6.45, 7) is 1.74. The molecule has 0 saturated carbocycles. The third-order valence-electron chi connectivity index (χ3n) is 2.90. The molecule has 0 aliphatic rings. The highest BCUT2D eigenvalue weighted by atomic mass is 35.5. The maximum Gasteiger partial charge on any atom is 0.314 e. The van der Waals surface area contributed by atoms with Crippen molar-refractivity contribution in [2.75, 3.05) is 10.6 Å². The average Bonchev–Trinajstić information content (AvgIpc) is 2.47. The Balaban J connectivity index is 2.11. The third kappa shape index (κ3) is 3.91. The van der Waals surface area contributed by atoms with E-state index in [2.05, 4.69) is 10.6 Å². The lowest BCUT2D eigenvalue weighted by Gasteiger charge is -2.10. The van der Waals surface area contributed by atoms with Gasteiger partial charge in [-0.3, -0.25) is 9.59 Å². The summed E-state index contributed by atoms with van der Waals surface area (Å²) in [6.07, 6.45) is 0. The minimum absolute atomic E-state index is 0.261. The SMILES string of the molecule is Cc1c(Cl)cccc1NC(=O)C(=O)Nc1cc(Cl)ccc1Cl. The zero-order valence-electron chi connectivity index (χ0n) is 11.4. The smallest absolute Gasteiger partial charge is 0.314 e. The molecular weight excluding hydrogens is 347 g/mol. The van der Waals surface area contributed by atoms with Crippen molar-refractivity contribution in [1.82, 2.24) is 0 Å². The van der Waals surface area contributed by atoms with Gasteiger partial charge in [0.1, 0.15) is 0 Å². The first-order valence-corrected chi connectivity index (χ1v) is 7.34. The fourth-order valence-electron chi connectivity index (χ4n) is 1.69. The van der Waals surface area contributed by atoms with E-state index in [9.17, 15) is 9.59 Å². The highest BCUT2D eigenvalue weighted by molar-refractivity contribution is 6.45. The molecule has 2 amide bonds. The Morgan fingerprint density at radius 2 is 1.50 bits per heavy atom. The summed E-state index contributed by atoms with van der Waals surface area (Å²) in [5.74, 6) is -1.69. The molecular formula is C15H11Cl3N2O2. The van der Waals surface area contributed by atoms with Crippen LogP contribution in [-0.2, 0) is 9.59 Å². The second-order valence-electron chi connectivity index (χ2n) is 4.44. The van der Waals surface area contributed by atoms with Crippen molar-refractivity contribution in [2.24, 2.45) is 0 Å². The Morgan fingerprint density at radius 1 is 0.864 bits per heavy atom. The van der Waals surface area contributed by atoms with Crippen molar-refractivity contribution in [2.45, 2.75) is 6.92 Å². The summed E-state index contributed by atoms with van der Waals surface area (Å²) < 4.78 is 0. The maximum absolute atomic E-state index is 11.9. The summed E-state index contributed by atoms with van der Waals surface area (Å²) >= 11 is 17.7. The van der Waals surface area contributed by atoms with Gasteiger partial charge in [0.05, 0.1) is 10.7 Å². The van der Waals surface area contributed by atoms with Crippen LogP contribution in [-0.4, -0.2) is 11.8 Å². The normalized spacial score (nSPS) is 10.2. The van der Waals surface area contributed by atoms with Crippen molar-refractivity contribution >= 4 is 58.0 Å². The summed E-state index contributed by atoms with van der Waals surface area (Å²) in [5, 5.41) is 6.07. The molecule has 0 atom stereocenters. The largest absolute Gasteiger partial charge is 0.317 e. The lowest BCUT2D eigenvalue weighted by atomic mass is 10.2. The van der Waals surface area contributed by atoms with Crippen LogP contribution in [0.15, 0.2) is 36.4 Å². The molecule has 0 aliphatic carbocycles. The Labute approximate surface area is 142 Å². The molecule has 2 rings (SSSR count). The van der Waals surface area contributed by atoms with Crippen LogP contribution in [0.25, 0.3) is 0 Å². The van der Waals surface area contributed by atoms with Crippen LogP contribution in [0.1, 0.15) is 5.56 Å². The maximum atomic E-state index is 11.9. The van der Waals surface area contributed by atoms with Gasteiger partial charge < -0.3 is 10.6 Å². The summed E-state index contributed by atoms with van der Waals surface area (Å²) in [5.41, 5.74) is 1.40. The zero-order chi connectivity index (χ0) is 16.3. The topological polar surface area (TPSA) is 58.2 Å². The van der Waals surface area contributed by atoms with Crippen molar-refractivity contribution in [3.05, 3.63) is 57.0 Å². The first-order chi connectivity index (χ1) is 10.4. The van der Waals surface area contributed by atoms with Crippen molar-refractivity contribution in [3.63, 3.8) is 0 Å². The monoisotopic (exact) mass is 356 g/mol. The van der Waals surface area contributed by atoms with E-state index in [1.165, 1.54) is 12.1 Å². The van der Waals surface area contributed by atoms with Crippen LogP contribution < -0.4 is 10.6 Å². The fraction of sp³-hybridized carbons (Fsp3) is 0.0667. The van der Waals surface area contributed by atoms with E-state index in [1.54, 1.807) is 31.2 Å². The van der Waals surface area contributed by atoms with Crippen molar-refractivity contribution < 1.29 is 9.59 Å². The Bertz CT molecular complexity index is 734. The van der Waals surface area contributed by atoms with Crippen molar-refractivity contribution in [3.8, 4) is 0 Å². The van der Waals surface area contributed by atoms with Crippen LogP contribution in [0, 0.1) is 6.92 Å². The highest BCUT2D eigenvalue weighted by Crippen LogP contribution is 2.26. The first-order valence-electron chi connectivity index (χ1n) is 6.21. The molecule has 2 aromatic rings. The Kier molecular flexibility index (Phi) is 5.29. The number of benzene rings is 2. The minimum atomic E-state index is -0.858. The first kappa shape index (κ1) is 16.6. The molecule has 0 fully saturated rings. The van der Waals surface area contributed by atoms with E-state index >= 15 is 0 Å². The molecule has 0 spiro atoms. The standard InChI is InChI=1S/C15H11Cl3N2O2/c1-8-10(17)3-2-4-12(8)19-14(21)15(22)20-13-7-9(16)5-6-11(13)18/h2-7H,1H3,(H,19,21)(H,20,22). The molecule has 7 heteroatoms. The predicted octanol–water partition coefficient (Wildman–Crippen LogP) is 4.53. The van der Waals surface area contributed by atoms with Gasteiger partial charge in [-0.25, -0.2) is 0 Å². The van der Waals surface area contributed by atoms with E-state index in [0.29, 0.717) is 21.3 Å². The number of halogens is 3. The molecule has 114 valence electrons. The van der Waals surface area contributed by atoms with Gasteiger partial charge in [0.2, 0.25) is 0 Å². The third-order valence-corrected chi connectivity index (χ3v) is 3.87. The second-order valence-corrected chi connectivity index (χ2v) is 5.70. The van der Waals surface area contributed by atoms with Gasteiger partial charge in [0.25, 0.3) is 0 Å². The second kappa shape index (κ2) is 7.01. The lowest BCUT2D eigenvalue weighted by Crippen LogP contribution is -2.29. The van der Waals surface area contributed by atoms with Gasteiger partial charge in [-0.15, -0.1) is 0 Å². The molecule has 0 bridgehead atoms. The number of amides is 2. The molecule has 4 nitrogen and oxygen atoms in total. The van der Waals surface area contributed by atoms with E-state index < -0.39 is 11.8 Å². The minimum Gasteiger partial charge on any atom is -0.317 e. The Morgan fingerprint density at radius 3 is 2.18 bits per heavy atom. The van der Waals surface area contributed by atoms with Crippen LogP contribution >= 0.6 is 34.8 Å². The van der Waals surface area contributed by atoms with E-state index in [1.807, 2.05) is 0 Å². The molecule has 2 N–H and O–H groups in total. The molecule has 0 saturated heterocycles. The lowest BCUT2D eigenvalue weighted by molar-refractivity contribution is -0.133. The zero-order valence-corrected chi connectivity index (χ0v) is 13.7. The number of carbonyl (C=O) groups excluding carboxylic acids is 2. The molecule has 2 aromatic carbocycles. The van der Waals surface area contributed by atoms with Gasteiger partial charge in [0, 0.05) is 15.7 Å². The molecule has 0 aliphatic heterocycles. The van der Waals surface area contributed by atoms with Gasteiger partial charge in [-0.05, 0) is 42.8 Å². The molecule has 0 unspecified atom stereocenters. The number of hydrogen-bond donors (Lipinski definition) is 2. The number of hydrogen-bond acceptors (Lipinski definition) is 2. The fourth-order valence-corrected chi connectivity index (χ4v) is 2.21. The van der Waals surface area contributed by atoms with E-state index in [-0.39, 0.29) is 10.7 Å². The number of rotatable bonds is 2. The van der Waals surface area contributed by atoms with Gasteiger partial charge >= 0.3 is 11.8 Å². The van der Waals surface area contributed by atoms with Crippen molar-refractivity contribution in [1.29, 1.82) is 0 Å². The molecule has 0 heterocycles. The van der Waals surface area contributed by atoms with Crippen LogP contribution in [0.3, 0.4) is 0 Å². The quantitative estimate of drug-likeness (QED) is 0.776. The molecule has 22 heavy (non-hydrogen) atoms. The van der Waals surface area contributed by atoms with Crippen LogP contribution in [0.5, 0.6) is 0 Å². The van der Waals surface area contributed by atoms with Gasteiger partial charge in [-0.1, -0.05) is 40.9 Å². The van der Waals surface area contributed by atoms with Gasteiger partial charge in [0.15, 0.2) is 0 Å². The molecule has 0 radical (unpaired) electrons. The van der Waals surface area contributed by atoms with E-state index in [0.717, 1.165) is 0 Å². The number of nitrogens with one attached hydrogen (secondary N) is 2. The van der Waals surface area contributed by atoms with Crippen LogP contribution in [0.2, 0.25) is 15.1 Å². The number of carbonyl (C=O) groups is 2. The summed E-state index contributed by atoms with van der Waals surface area (Å²) in [6, 6.07) is 9.58. The van der Waals surface area contributed by atoms with Gasteiger partial charge in [-0.2, -0.15) is 0 Å².